The summed E-state index contributed by atoms with van der Waals surface area (Å²) in [6.07, 6.45) is 49.7. The summed E-state index contributed by atoms with van der Waals surface area (Å²) in [4.78, 5) is 72.5. The molecule has 0 aliphatic carbocycles. The van der Waals surface area contributed by atoms with E-state index in [0.717, 1.165) is 95.8 Å². The van der Waals surface area contributed by atoms with E-state index in [4.69, 9.17) is 37.0 Å². The first-order valence-corrected chi connectivity index (χ1v) is 39.6. The molecule has 0 aliphatic rings. The molecule has 0 aromatic rings. The Morgan fingerprint density at radius 2 is 0.517 bits per heavy atom. The van der Waals surface area contributed by atoms with Crippen LogP contribution in [0.5, 0.6) is 0 Å². The first-order chi connectivity index (χ1) is 43.0. The van der Waals surface area contributed by atoms with E-state index in [1.54, 1.807) is 0 Å². The summed E-state index contributed by atoms with van der Waals surface area (Å²) in [7, 11) is -9.90. The number of phosphoric ester groups is 2. The Bertz CT molecular complexity index is 1720. The van der Waals surface area contributed by atoms with Crippen molar-refractivity contribution in [1.82, 2.24) is 0 Å². The number of aliphatic hydroxyl groups excluding tert-OH is 1. The molecule has 17 nitrogen and oxygen atoms in total. The highest BCUT2D eigenvalue weighted by Crippen LogP contribution is 2.45. The van der Waals surface area contributed by atoms with Crippen molar-refractivity contribution in [3.8, 4) is 0 Å². The Labute approximate surface area is 543 Å². The fourth-order valence-corrected chi connectivity index (χ4v) is 12.2. The van der Waals surface area contributed by atoms with E-state index >= 15 is 0 Å². The molecule has 0 radical (unpaired) electrons. The molecule has 2 unspecified atom stereocenters. The molecule has 89 heavy (non-hydrogen) atoms. The third-order valence-electron chi connectivity index (χ3n) is 16.3. The lowest BCUT2D eigenvalue weighted by Gasteiger charge is -2.21. The van der Waals surface area contributed by atoms with Gasteiger partial charge in [-0.1, -0.05) is 311 Å². The predicted molar refractivity (Wildman–Crippen MR) is 358 cm³/mol. The molecule has 19 heteroatoms. The van der Waals surface area contributed by atoms with Crippen LogP contribution < -0.4 is 0 Å². The number of hydrogen-bond acceptors (Lipinski definition) is 15. The van der Waals surface area contributed by atoms with Crippen molar-refractivity contribution >= 4 is 39.5 Å². The third kappa shape index (κ3) is 64.6. The van der Waals surface area contributed by atoms with Gasteiger partial charge in [0.1, 0.15) is 19.3 Å². The molecule has 0 aromatic heterocycles. The van der Waals surface area contributed by atoms with Gasteiger partial charge in [-0.05, 0) is 31.6 Å². The van der Waals surface area contributed by atoms with Crippen molar-refractivity contribution in [2.75, 3.05) is 39.6 Å². The monoisotopic (exact) mass is 1310 g/mol. The molecular formula is C70H136O17P2. The van der Waals surface area contributed by atoms with E-state index in [1.807, 2.05) is 0 Å². The number of carbonyl (C=O) groups excluding carboxylic acids is 4. The first kappa shape index (κ1) is 87.1. The molecule has 0 heterocycles. The minimum absolute atomic E-state index is 0.107. The molecule has 5 atom stereocenters. The molecular weight excluding hydrogens is 1170 g/mol. The minimum Gasteiger partial charge on any atom is -0.462 e. The second-order valence-electron chi connectivity index (χ2n) is 25.7. The zero-order valence-electron chi connectivity index (χ0n) is 57.6. The smallest absolute Gasteiger partial charge is 0.462 e. The Balaban J connectivity index is 5.25. The topological polar surface area (TPSA) is 237 Å². The molecule has 0 saturated carbocycles. The largest absolute Gasteiger partial charge is 0.472 e. The van der Waals surface area contributed by atoms with Crippen LogP contribution in [0.4, 0.5) is 0 Å². The lowest BCUT2D eigenvalue weighted by molar-refractivity contribution is -0.161. The summed E-state index contributed by atoms with van der Waals surface area (Å²) < 4.78 is 68.3. The van der Waals surface area contributed by atoms with E-state index in [1.165, 1.54) is 186 Å². The first-order valence-electron chi connectivity index (χ1n) is 36.6. The Morgan fingerprint density at radius 3 is 0.764 bits per heavy atom. The standard InChI is InChI=1S/C70H136O17P2/c1-6-9-12-15-18-21-24-29-34-39-44-49-54-68(73)81-60-66(87-70(75)56-51-46-41-36-31-26-28-32-37-42-47-52-63(4)5)62-85-89(78,79)83-58-64(71)57-82-88(76,77)84-61-65(59-80-67(72)53-48-43-38-33-27-23-20-17-14-11-8-3)86-69(74)55-50-45-40-35-30-25-22-19-16-13-10-7-2/h63-66,71H,6-62H2,1-5H3,(H,76,77)(H,78,79)/t64-,65+,66+/m0/s1. The van der Waals surface area contributed by atoms with Crippen LogP contribution in [-0.4, -0.2) is 96.7 Å². The SMILES string of the molecule is CCCCCCCCCCCCCCC(=O)OC[C@H](COP(=O)(O)OC[C@@H](O)COP(=O)(O)OC[C@@H](COC(=O)CCCCCCCCCCCCC)OC(=O)CCCCCCCCCCCCCC)OC(=O)CCCCCCCCCCCCCC(C)C. The number of carbonyl (C=O) groups is 4. The van der Waals surface area contributed by atoms with Crippen molar-refractivity contribution in [2.45, 2.75) is 380 Å². The van der Waals surface area contributed by atoms with Crippen molar-refractivity contribution < 1.29 is 80.2 Å². The van der Waals surface area contributed by atoms with Gasteiger partial charge >= 0.3 is 39.5 Å². The van der Waals surface area contributed by atoms with E-state index < -0.39 is 97.5 Å². The minimum atomic E-state index is -4.95. The van der Waals surface area contributed by atoms with Gasteiger partial charge in [-0.25, -0.2) is 9.13 Å². The summed E-state index contributed by atoms with van der Waals surface area (Å²) in [6.45, 7) is 7.25. The van der Waals surface area contributed by atoms with Gasteiger partial charge in [0.2, 0.25) is 0 Å². The Morgan fingerprint density at radius 1 is 0.303 bits per heavy atom. The molecule has 0 saturated heterocycles. The fraction of sp³-hybridized carbons (Fsp3) is 0.943. The second-order valence-corrected chi connectivity index (χ2v) is 28.7. The van der Waals surface area contributed by atoms with Gasteiger partial charge in [-0.2, -0.15) is 0 Å². The average molecular weight is 1310 g/mol. The molecule has 0 bridgehead atoms. The van der Waals surface area contributed by atoms with Crippen molar-refractivity contribution in [3.05, 3.63) is 0 Å². The quantitative estimate of drug-likeness (QED) is 0.0222. The van der Waals surface area contributed by atoms with E-state index in [2.05, 4.69) is 34.6 Å². The number of phosphoric acid groups is 2. The zero-order valence-corrected chi connectivity index (χ0v) is 59.4. The van der Waals surface area contributed by atoms with Gasteiger partial charge < -0.3 is 33.8 Å². The van der Waals surface area contributed by atoms with Crippen LogP contribution in [-0.2, 0) is 65.4 Å². The highest BCUT2D eigenvalue weighted by molar-refractivity contribution is 7.47. The van der Waals surface area contributed by atoms with Crippen LogP contribution in [0.1, 0.15) is 362 Å². The number of rotatable bonds is 70. The molecule has 0 amide bonds. The highest BCUT2D eigenvalue weighted by atomic mass is 31.2. The van der Waals surface area contributed by atoms with Gasteiger partial charge in [0.15, 0.2) is 12.2 Å². The second kappa shape index (κ2) is 63.5. The number of hydrogen-bond donors (Lipinski definition) is 3. The van der Waals surface area contributed by atoms with E-state index in [9.17, 15) is 43.2 Å². The van der Waals surface area contributed by atoms with Gasteiger partial charge in [0.25, 0.3) is 0 Å². The summed E-state index contributed by atoms with van der Waals surface area (Å²) >= 11 is 0. The lowest BCUT2D eigenvalue weighted by atomic mass is 10.0. The van der Waals surface area contributed by atoms with Gasteiger partial charge in [-0.15, -0.1) is 0 Å². The predicted octanol–water partition coefficient (Wildman–Crippen LogP) is 20.1. The summed E-state index contributed by atoms with van der Waals surface area (Å²) in [5.74, 6) is -1.35. The van der Waals surface area contributed by atoms with Crippen molar-refractivity contribution in [3.63, 3.8) is 0 Å². The number of aliphatic hydroxyl groups is 1. The molecule has 0 fully saturated rings. The maximum Gasteiger partial charge on any atom is 0.472 e. The highest BCUT2D eigenvalue weighted by Gasteiger charge is 2.30. The fourth-order valence-electron chi connectivity index (χ4n) is 10.6. The summed E-state index contributed by atoms with van der Waals surface area (Å²) in [6, 6.07) is 0. The summed E-state index contributed by atoms with van der Waals surface area (Å²) in [5.41, 5.74) is 0. The molecule has 0 aromatic carbocycles. The van der Waals surface area contributed by atoms with Crippen LogP contribution >= 0.6 is 15.6 Å². The maximum atomic E-state index is 13.0. The van der Waals surface area contributed by atoms with E-state index in [0.29, 0.717) is 25.7 Å². The van der Waals surface area contributed by atoms with Gasteiger partial charge in [0.05, 0.1) is 26.4 Å². The third-order valence-corrected chi connectivity index (χ3v) is 18.2. The average Bonchev–Trinajstić information content (AvgIpc) is 3.67. The number of unbranched alkanes of at least 4 members (excludes halogenated alkanes) is 42. The van der Waals surface area contributed by atoms with Gasteiger partial charge in [-0.3, -0.25) is 37.3 Å². The van der Waals surface area contributed by atoms with Crippen LogP contribution in [0.2, 0.25) is 0 Å². The number of esters is 4. The molecule has 0 aliphatic heterocycles. The van der Waals surface area contributed by atoms with E-state index in [-0.39, 0.29) is 25.7 Å². The van der Waals surface area contributed by atoms with Crippen LogP contribution in [0.25, 0.3) is 0 Å². The molecule has 0 rings (SSSR count). The molecule has 528 valence electrons. The zero-order chi connectivity index (χ0) is 65.6. The maximum absolute atomic E-state index is 13.0. The Hall–Kier alpha value is -1.94. The van der Waals surface area contributed by atoms with Gasteiger partial charge in [0, 0.05) is 25.7 Å². The number of ether oxygens (including phenoxy) is 4. The normalized spacial score (nSPS) is 14.1. The van der Waals surface area contributed by atoms with Crippen LogP contribution in [0.3, 0.4) is 0 Å². The van der Waals surface area contributed by atoms with Crippen molar-refractivity contribution in [2.24, 2.45) is 5.92 Å². The summed E-state index contributed by atoms with van der Waals surface area (Å²) in [5, 5.41) is 10.6. The molecule has 3 N–H and O–H groups in total. The lowest BCUT2D eigenvalue weighted by Crippen LogP contribution is -2.30. The van der Waals surface area contributed by atoms with Crippen LogP contribution in [0, 0.1) is 5.92 Å². The van der Waals surface area contributed by atoms with Crippen molar-refractivity contribution in [1.29, 1.82) is 0 Å². The Kier molecular flexibility index (Phi) is 62.1. The molecule has 0 spiro atoms. The van der Waals surface area contributed by atoms with Crippen LogP contribution in [0.15, 0.2) is 0 Å².